The minimum absolute atomic E-state index is 0.0285. The van der Waals surface area contributed by atoms with Crippen LogP contribution in [0.4, 0.5) is 11.4 Å². The van der Waals surface area contributed by atoms with E-state index in [1.54, 1.807) is 0 Å². The summed E-state index contributed by atoms with van der Waals surface area (Å²) in [5.41, 5.74) is 7.62. The predicted molar refractivity (Wildman–Crippen MR) is 142 cm³/mol. The molecule has 0 spiro atoms. The number of aryl methyl sites for hydroxylation is 4. The van der Waals surface area contributed by atoms with E-state index in [9.17, 15) is 9.59 Å². The van der Waals surface area contributed by atoms with Crippen LogP contribution in [-0.4, -0.2) is 75.0 Å². The molecule has 2 aromatic rings. The summed E-state index contributed by atoms with van der Waals surface area (Å²) in [5, 5.41) is 5.76. The fourth-order valence-electron chi connectivity index (χ4n) is 5.42. The van der Waals surface area contributed by atoms with Crippen molar-refractivity contribution in [3.63, 3.8) is 0 Å². The minimum atomic E-state index is -0.621. The van der Waals surface area contributed by atoms with Gasteiger partial charge in [0.25, 0.3) is 0 Å². The standard InChI is InChI=1S/C28H39N5O2/c1-19-15-20(2)26(21(3)16-19)30-28(35)27(34)29-18-25(33-13-11-31(4)12-14-33)23-8-9-24-22(17-23)7-6-10-32(24)5/h8-9,15-17,25H,6-7,10-14,18H2,1-5H3,(H,29,34)(H,30,35)/t25-/m1/s1. The van der Waals surface area contributed by atoms with E-state index in [0.717, 1.165) is 62.3 Å². The lowest BCUT2D eigenvalue weighted by Gasteiger charge is -2.39. The van der Waals surface area contributed by atoms with E-state index in [0.29, 0.717) is 12.2 Å². The Morgan fingerprint density at radius 2 is 1.60 bits per heavy atom. The fraction of sp³-hybridized carbons (Fsp3) is 0.500. The highest BCUT2D eigenvalue weighted by atomic mass is 16.2. The van der Waals surface area contributed by atoms with E-state index in [1.807, 2.05) is 32.9 Å². The maximum atomic E-state index is 12.8. The summed E-state index contributed by atoms with van der Waals surface area (Å²) in [6.07, 6.45) is 2.23. The lowest BCUT2D eigenvalue weighted by molar-refractivity contribution is -0.136. The third-order valence-corrected chi connectivity index (χ3v) is 7.40. The first-order valence-electron chi connectivity index (χ1n) is 12.7. The van der Waals surface area contributed by atoms with Crippen molar-refractivity contribution in [2.24, 2.45) is 0 Å². The molecule has 7 heteroatoms. The number of hydrogen-bond donors (Lipinski definition) is 2. The number of hydrogen-bond acceptors (Lipinski definition) is 5. The van der Waals surface area contributed by atoms with Gasteiger partial charge in [0.05, 0.1) is 6.04 Å². The van der Waals surface area contributed by atoms with Gasteiger partial charge in [-0.1, -0.05) is 29.8 Å². The topological polar surface area (TPSA) is 67.9 Å². The zero-order chi connectivity index (χ0) is 25.1. The molecule has 4 rings (SSSR count). The van der Waals surface area contributed by atoms with Gasteiger partial charge in [0.2, 0.25) is 0 Å². The Labute approximate surface area is 209 Å². The third-order valence-electron chi connectivity index (χ3n) is 7.40. The Hall–Kier alpha value is -2.90. The molecule has 2 N–H and O–H groups in total. The molecule has 188 valence electrons. The van der Waals surface area contributed by atoms with E-state index >= 15 is 0 Å². The third kappa shape index (κ3) is 5.85. The van der Waals surface area contributed by atoms with Crippen LogP contribution < -0.4 is 15.5 Å². The van der Waals surface area contributed by atoms with Crippen molar-refractivity contribution < 1.29 is 9.59 Å². The number of nitrogens with zero attached hydrogens (tertiary/aromatic N) is 3. The van der Waals surface area contributed by atoms with Gasteiger partial charge in [-0.2, -0.15) is 0 Å². The van der Waals surface area contributed by atoms with Gasteiger partial charge in [-0.25, -0.2) is 0 Å². The first-order chi connectivity index (χ1) is 16.7. The van der Waals surface area contributed by atoms with Gasteiger partial charge in [-0.3, -0.25) is 14.5 Å². The van der Waals surface area contributed by atoms with Crippen LogP contribution in [0.2, 0.25) is 0 Å². The van der Waals surface area contributed by atoms with Gasteiger partial charge in [-0.05, 0) is 69.0 Å². The first kappa shape index (κ1) is 25.2. The van der Waals surface area contributed by atoms with Crippen LogP contribution in [-0.2, 0) is 16.0 Å². The Morgan fingerprint density at radius 1 is 0.914 bits per heavy atom. The summed E-state index contributed by atoms with van der Waals surface area (Å²) in [6, 6.07) is 10.8. The molecule has 1 atom stereocenters. The number of fused-ring (bicyclic) bond motifs is 1. The largest absolute Gasteiger partial charge is 0.374 e. The van der Waals surface area contributed by atoms with Gasteiger partial charge in [0.15, 0.2) is 0 Å². The fourth-order valence-corrected chi connectivity index (χ4v) is 5.42. The Kier molecular flexibility index (Phi) is 7.77. The second-order valence-electron chi connectivity index (χ2n) is 10.2. The van der Waals surface area contributed by atoms with Gasteiger partial charge >= 0.3 is 11.8 Å². The number of carbonyl (C=O) groups is 2. The molecule has 1 fully saturated rings. The van der Waals surface area contributed by atoms with Crippen LogP contribution >= 0.6 is 0 Å². The molecule has 0 bridgehead atoms. The maximum absolute atomic E-state index is 12.8. The number of nitrogens with one attached hydrogen (secondary N) is 2. The van der Waals surface area contributed by atoms with Crippen molar-refractivity contribution in [2.75, 3.05) is 63.6 Å². The van der Waals surface area contributed by atoms with Crippen LogP contribution in [0.3, 0.4) is 0 Å². The molecule has 2 aliphatic heterocycles. The zero-order valence-electron chi connectivity index (χ0n) is 21.8. The summed E-state index contributed by atoms with van der Waals surface area (Å²) < 4.78 is 0. The molecule has 0 radical (unpaired) electrons. The average Bonchev–Trinajstić information content (AvgIpc) is 2.82. The quantitative estimate of drug-likeness (QED) is 0.648. The van der Waals surface area contributed by atoms with E-state index < -0.39 is 11.8 Å². The molecule has 2 aromatic carbocycles. The van der Waals surface area contributed by atoms with Crippen LogP contribution in [0.5, 0.6) is 0 Å². The first-order valence-corrected chi connectivity index (χ1v) is 12.7. The Balaban J connectivity index is 1.49. The summed E-state index contributed by atoms with van der Waals surface area (Å²) in [5.74, 6) is -1.22. The van der Waals surface area contributed by atoms with Crippen LogP contribution in [0.1, 0.15) is 40.3 Å². The normalized spacial score (nSPS) is 17.6. The van der Waals surface area contributed by atoms with E-state index in [-0.39, 0.29) is 6.04 Å². The molecule has 2 aliphatic rings. The van der Waals surface area contributed by atoms with Gasteiger partial charge in [0, 0.05) is 57.7 Å². The number of benzene rings is 2. The smallest absolute Gasteiger partial charge is 0.313 e. The second-order valence-corrected chi connectivity index (χ2v) is 10.2. The van der Waals surface area contributed by atoms with Crippen molar-refractivity contribution in [1.82, 2.24) is 15.1 Å². The molecule has 7 nitrogen and oxygen atoms in total. The summed E-state index contributed by atoms with van der Waals surface area (Å²) in [4.78, 5) is 32.6. The summed E-state index contributed by atoms with van der Waals surface area (Å²) in [6.45, 7) is 11.2. The van der Waals surface area contributed by atoms with Crippen LogP contribution in [0.15, 0.2) is 30.3 Å². The number of anilines is 2. The number of amides is 2. The highest BCUT2D eigenvalue weighted by molar-refractivity contribution is 6.39. The highest BCUT2D eigenvalue weighted by Gasteiger charge is 2.27. The second kappa shape index (κ2) is 10.8. The molecule has 35 heavy (non-hydrogen) atoms. The predicted octanol–water partition coefficient (Wildman–Crippen LogP) is 3.04. The Bertz CT molecular complexity index is 1070. The summed E-state index contributed by atoms with van der Waals surface area (Å²) >= 11 is 0. The number of piperazine rings is 1. The molecule has 0 unspecified atom stereocenters. The number of likely N-dealkylation sites (N-methyl/N-ethyl adjacent to an activating group) is 1. The Morgan fingerprint density at radius 3 is 2.29 bits per heavy atom. The van der Waals surface area contributed by atoms with Gasteiger partial charge < -0.3 is 20.4 Å². The molecule has 1 saturated heterocycles. The lowest BCUT2D eigenvalue weighted by Crippen LogP contribution is -2.49. The van der Waals surface area contributed by atoms with Crippen molar-refractivity contribution in [3.05, 3.63) is 58.1 Å². The number of carbonyl (C=O) groups excluding carboxylic acids is 2. The monoisotopic (exact) mass is 477 g/mol. The SMILES string of the molecule is Cc1cc(C)c(NC(=O)C(=O)NC[C@H](c2ccc3c(c2)CCCN3C)N2CCN(C)CC2)c(C)c1. The molecule has 2 amide bonds. The van der Waals surface area contributed by atoms with Crippen molar-refractivity contribution in [3.8, 4) is 0 Å². The molecular weight excluding hydrogens is 438 g/mol. The molecule has 0 saturated carbocycles. The highest BCUT2D eigenvalue weighted by Crippen LogP contribution is 2.31. The maximum Gasteiger partial charge on any atom is 0.313 e. The van der Waals surface area contributed by atoms with Gasteiger partial charge in [-0.15, -0.1) is 0 Å². The van der Waals surface area contributed by atoms with Crippen molar-refractivity contribution in [2.45, 2.75) is 39.7 Å². The minimum Gasteiger partial charge on any atom is -0.374 e. The molecule has 2 heterocycles. The van der Waals surface area contributed by atoms with E-state index in [4.69, 9.17) is 0 Å². The lowest BCUT2D eigenvalue weighted by atomic mass is 9.95. The molecule has 0 aliphatic carbocycles. The summed E-state index contributed by atoms with van der Waals surface area (Å²) in [7, 11) is 4.29. The van der Waals surface area contributed by atoms with Crippen molar-refractivity contribution in [1.29, 1.82) is 0 Å². The van der Waals surface area contributed by atoms with Crippen LogP contribution in [0.25, 0.3) is 0 Å². The number of rotatable bonds is 5. The zero-order valence-corrected chi connectivity index (χ0v) is 21.8. The average molecular weight is 478 g/mol. The van der Waals surface area contributed by atoms with E-state index in [2.05, 4.69) is 57.6 Å². The van der Waals surface area contributed by atoms with Crippen LogP contribution in [0, 0.1) is 20.8 Å². The molecule has 0 aromatic heterocycles. The molecular formula is C28H39N5O2. The van der Waals surface area contributed by atoms with Crippen molar-refractivity contribution >= 4 is 23.2 Å². The van der Waals surface area contributed by atoms with E-state index in [1.165, 1.54) is 16.8 Å². The van der Waals surface area contributed by atoms with Gasteiger partial charge in [0.1, 0.15) is 0 Å².